The molecule has 0 aromatic heterocycles. The largest absolute Gasteiger partial charge is 0.481 e. The van der Waals surface area contributed by atoms with E-state index in [1.54, 1.807) is 0 Å². The summed E-state index contributed by atoms with van der Waals surface area (Å²) in [6.07, 6.45) is 0.251. The number of benzene rings is 2. The molecule has 2 N–H and O–H groups in total. The summed E-state index contributed by atoms with van der Waals surface area (Å²) in [7, 11) is 0. The third-order valence-corrected chi connectivity index (χ3v) is 8.26. The molecule has 0 saturated heterocycles. The topological polar surface area (TPSA) is 177 Å². The Labute approximate surface area is 336 Å². The average molecular weight is 810 g/mol. The second-order valence-electron chi connectivity index (χ2n) is 12.5. The molecular weight excluding hydrogens is 746 g/mol. The summed E-state index contributed by atoms with van der Waals surface area (Å²) >= 11 is 0. The molecule has 0 fully saturated rings. The molecule has 16 heteroatoms. The molecule has 16 nitrogen and oxygen atoms in total. The maximum absolute atomic E-state index is 12.3. The number of carbonyl (C=O) groups is 2. The van der Waals surface area contributed by atoms with Gasteiger partial charge in [0.25, 0.3) is 0 Å². The number of alkyl carbamates (subject to hydrolysis) is 1. The second kappa shape index (κ2) is 33.7. The smallest absolute Gasteiger partial charge is 0.407 e. The van der Waals surface area contributed by atoms with Gasteiger partial charge >= 0.3 is 12.1 Å². The molecule has 1 aliphatic rings. The van der Waals surface area contributed by atoms with Gasteiger partial charge < -0.3 is 67.3 Å². The van der Waals surface area contributed by atoms with Crippen LogP contribution in [0.4, 0.5) is 4.79 Å². The van der Waals surface area contributed by atoms with Crippen molar-refractivity contribution in [3.8, 4) is 11.1 Å². The van der Waals surface area contributed by atoms with Crippen LogP contribution in [0.1, 0.15) is 29.9 Å². The van der Waals surface area contributed by atoms with E-state index in [2.05, 4.69) is 29.6 Å². The van der Waals surface area contributed by atoms with Crippen LogP contribution in [0.3, 0.4) is 0 Å². The Kier molecular flexibility index (Phi) is 28.4. The predicted octanol–water partition coefficient (Wildman–Crippen LogP) is 3.57. The number of aliphatic carboxylic acids is 1. The number of carboxylic acid groups (broad SMARTS) is 1. The molecule has 0 radical (unpaired) electrons. The van der Waals surface area contributed by atoms with Crippen molar-refractivity contribution in [2.75, 3.05) is 159 Å². The second-order valence-corrected chi connectivity index (χ2v) is 12.5. The Morgan fingerprint density at radius 2 is 0.772 bits per heavy atom. The Bertz CT molecular complexity index is 1260. The number of amides is 1. The molecule has 0 spiro atoms. The quantitative estimate of drug-likeness (QED) is 0.0937. The van der Waals surface area contributed by atoms with Crippen molar-refractivity contribution < 1.29 is 71.5 Å². The fourth-order valence-electron chi connectivity index (χ4n) is 5.47. The standard InChI is InChI=1S/C41H63NO15/c43-40(44)10-13-47-15-17-49-19-21-51-23-25-53-27-29-55-31-33-56-32-30-54-28-26-52-24-22-50-20-18-48-16-14-46-12-5-11-42-41(45)57-34-39-37-8-3-1-6-35(37)36-7-2-4-9-38(36)39/h1-4,6-9,39H,5,10-34H2,(H,42,45)(H,43,44). The molecule has 2 aromatic rings. The SMILES string of the molecule is O=C(O)CCOCCOCCOCCOCCOCCOCCOCCOCCOCCOCCOCCCNC(=O)OCC1c2ccccc2-c2ccccc21. The third-order valence-electron chi connectivity index (χ3n) is 8.26. The highest BCUT2D eigenvalue weighted by molar-refractivity contribution is 5.79. The van der Waals surface area contributed by atoms with Gasteiger partial charge in [-0.25, -0.2) is 4.79 Å². The molecular formula is C41H63NO15. The molecule has 0 saturated carbocycles. The van der Waals surface area contributed by atoms with Crippen LogP contribution in [0, 0.1) is 0 Å². The normalized spacial score (nSPS) is 12.1. The third kappa shape index (κ3) is 23.7. The van der Waals surface area contributed by atoms with Crippen LogP contribution >= 0.6 is 0 Å². The first-order valence-electron chi connectivity index (χ1n) is 19.8. The van der Waals surface area contributed by atoms with Crippen LogP contribution < -0.4 is 5.32 Å². The molecule has 3 rings (SSSR count). The van der Waals surface area contributed by atoms with Crippen molar-refractivity contribution in [2.45, 2.75) is 18.8 Å². The van der Waals surface area contributed by atoms with E-state index < -0.39 is 12.1 Å². The fraction of sp³-hybridized carbons (Fsp3) is 0.659. The van der Waals surface area contributed by atoms with Crippen LogP contribution in [0.5, 0.6) is 0 Å². The minimum absolute atomic E-state index is 0.00712. The lowest BCUT2D eigenvalue weighted by atomic mass is 9.98. The van der Waals surface area contributed by atoms with E-state index >= 15 is 0 Å². The molecule has 0 bridgehead atoms. The zero-order chi connectivity index (χ0) is 40.3. The number of carbonyl (C=O) groups excluding carboxylic acids is 1. The van der Waals surface area contributed by atoms with Crippen molar-refractivity contribution in [3.63, 3.8) is 0 Å². The molecule has 2 aromatic carbocycles. The molecule has 57 heavy (non-hydrogen) atoms. The van der Waals surface area contributed by atoms with E-state index in [1.165, 1.54) is 22.3 Å². The summed E-state index contributed by atoms with van der Waals surface area (Å²) in [6.45, 7) is 10.7. The van der Waals surface area contributed by atoms with Crippen molar-refractivity contribution in [3.05, 3.63) is 59.7 Å². The lowest BCUT2D eigenvalue weighted by Crippen LogP contribution is -2.27. The van der Waals surface area contributed by atoms with Crippen molar-refractivity contribution >= 4 is 12.1 Å². The number of hydrogen-bond donors (Lipinski definition) is 2. The first kappa shape index (κ1) is 48.1. The number of rotatable bonds is 39. The van der Waals surface area contributed by atoms with E-state index in [9.17, 15) is 9.59 Å². The summed E-state index contributed by atoms with van der Waals surface area (Å²) in [5.74, 6) is -0.833. The Morgan fingerprint density at radius 1 is 0.456 bits per heavy atom. The van der Waals surface area contributed by atoms with Crippen LogP contribution in [-0.4, -0.2) is 176 Å². The first-order chi connectivity index (χ1) is 28.2. The summed E-state index contributed by atoms with van der Waals surface area (Å²) < 4.78 is 65.4. The van der Waals surface area contributed by atoms with Gasteiger partial charge in [-0.1, -0.05) is 48.5 Å². The van der Waals surface area contributed by atoms with E-state index in [1.807, 2.05) is 24.3 Å². The summed E-state index contributed by atoms with van der Waals surface area (Å²) in [5, 5.41) is 11.3. The first-order valence-corrected chi connectivity index (χ1v) is 19.8. The highest BCUT2D eigenvalue weighted by Crippen LogP contribution is 2.44. The van der Waals surface area contributed by atoms with Gasteiger partial charge in [-0.15, -0.1) is 0 Å². The number of hydrogen-bond acceptors (Lipinski definition) is 14. The van der Waals surface area contributed by atoms with Gasteiger partial charge in [-0.2, -0.15) is 0 Å². The number of ether oxygens (including phenoxy) is 12. The number of nitrogens with one attached hydrogen (secondary N) is 1. The summed E-state index contributed by atoms with van der Waals surface area (Å²) in [6, 6.07) is 16.5. The van der Waals surface area contributed by atoms with Crippen LogP contribution in [0.25, 0.3) is 11.1 Å². The Hall–Kier alpha value is -3.26. The van der Waals surface area contributed by atoms with Crippen LogP contribution in [0.15, 0.2) is 48.5 Å². The lowest BCUT2D eigenvalue weighted by Gasteiger charge is -2.14. The van der Waals surface area contributed by atoms with Crippen molar-refractivity contribution in [1.29, 1.82) is 0 Å². The van der Waals surface area contributed by atoms with Gasteiger partial charge in [0.05, 0.1) is 145 Å². The van der Waals surface area contributed by atoms with Crippen LogP contribution in [0.2, 0.25) is 0 Å². The van der Waals surface area contributed by atoms with E-state index in [-0.39, 0.29) is 18.9 Å². The number of fused-ring (bicyclic) bond motifs is 3. The Morgan fingerprint density at radius 3 is 1.12 bits per heavy atom. The predicted molar refractivity (Wildman–Crippen MR) is 209 cm³/mol. The zero-order valence-corrected chi connectivity index (χ0v) is 33.2. The van der Waals surface area contributed by atoms with Crippen molar-refractivity contribution in [2.24, 2.45) is 0 Å². The minimum Gasteiger partial charge on any atom is -0.481 e. The summed E-state index contributed by atoms with van der Waals surface area (Å²) in [4.78, 5) is 22.6. The molecule has 0 atom stereocenters. The van der Waals surface area contributed by atoms with E-state index in [0.29, 0.717) is 158 Å². The van der Waals surface area contributed by atoms with E-state index in [4.69, 9.17) is 61.9 Å². The zero-order valence-electron chi connectivity index (χ0n) is 33.2. The van der Waals surface area contributed by atoms with E-state index in [0.717, 1.165) is 0 Å². The van der Waals surface area contributed by atoms with Gasteiger partial charge in [0, 0.05) is 19.1 Å². The molecule has 1 amide bonds. The molecule has 0 unspecified atom stereocenters. The highest BCUT2D eigenvalue weighted by Gasteiger charge is 2.28. The molecule has 1 aliphatic carbocycles. The van der Waals surface area contributed by atoms with Crippen molar-refractivity contribution in [1.82, 2.24) is 5.32 Å². The fourth-order valence-corrected chi connectivity index (χ4v) is 5.47. The van der Waals surface area contributed by atoms with Gasteiger partial charge in [-0.3, -0.25) is 4.79 Å². The van der Waals surface area contributed by atoms with Crippen LogP contribution in [-0.2, 0) is 61.6 Å². The Balaban J connectivity index is 0.933. The van der Waals surface area contributed by atoms with Gasteiger partial charge in [0.1, 0.15) is 6.61 Å². The molecule has 0 heterocycles. The maximum Gasteiger partial charge on any atom is 0.407 e. The van der Waals surface area contributed by atoms with Gasteiger partial charge in [-0.05, 0) is 28.7 Å². The number of carboxylic acids is 1. The monoisotopic (exact) mass is 809 g/mol. The molecule has 322 valence electrons. The highest BCUT2D eigenvalue weighted by atomic mass is 16.6. The maximum atomic E-state index is 12.3. The summed E-state index contributed by atoms with van der Waals surface area (Å²) in [5.41, 5.74) is 4.79. The lowest BCUT2D eigenvalue weighted by molar-refractivity contribution is -0.138. The molecule has 0 aliphatic heterocycles. The average Bonchev–Trinajstić information content (AvgIpc) is 3.54. The van der Waals surface area contributed by atoms with Gasteiger partial charge in [0.15, 0.2) is 0 Å². The van der Waals surface area contributed by atoms with Gasteiger partial charge in [0.2, 0.25) is 0 Å². The minimum atomic E-state index is -0.878.